The minimum atomic E-state index is -3.73. The highest BCUT2D eigenvalue weighted by Gasteiger charge is 2.32. The van der Waals surface area contributed by atoms with E-state index < -0.39 is 22.1 Å². The van der Waals surface area contributed by atoms with E-state index in [1.54, 1.807) is 44.2 Å². The smallest absolute Gasteiger partial charge is 0.339 e. The van der Waals surface area contributed by atoms with E-state index in [2.05, 4.69) is 9.97 Å². The molecular weight excluding hydrogens is 442 g/mol. The fourth-order valence-electron chi connectivity index (χ4n) is 4.12. The minimum Gasteiger partial charge on any atom is -0.451 e. The maximum absolute atomic E-state index is 13.2. The Labute approximate surface area is 192 Å². The lowest BCUT2D eigenvalue weighted by molar-refractivity contribution is 0.0319. The summed E-state index contributed by atoms with van der Waals surface area (Å²) in [5.74, 6) is -0.463. The van der Waals surface area contributed by atoms with Crippen LogP contribution in [0, 0.1) is 6.92 Å². The van der Waals surface area contributed by atoms with E-state index in [4.69, 9.17) is 4.74 Å². The summed E-state index contributed by atoms with van der Waals surface area (Å²) in [6.45, 7) is 5.70. The molecule has 1 aliphatic rings. The highest BCUT2D eigenvalue weighted by Crippen LogP contribution is 2.27. The van der Waals surface area contributed by atoms with Crippen molar-refractivity contribution in [1.29, 1.82) is 0 Å². The van der Waals surface area contributed by atoms with Crippen molar-refractivity contribution < 1.29 is 17.9 Å². The molecule has 2 unspecified atom stereocenters. The summed E-state index contributed by atoms with van der Waals surface area (Å²) in [6.07, 6.45) is 1.80. The number of para-hydroxylation sites is 1. The van der Waals surface area contributed by atoms with Crippen LogP contribution in [0.5, 0.6) is 0 Å². The largest absolute Gasteiger partial charge is 0.451 e. The summed E-state index contributed by atoms with van der Waals surface area (Å²) < 4.78 is 33.5. The van der Waals surface area contributed by atoms with Gasteiger partial charge < -0.3 is 9.72 Å². The molecule has 0 amide bonds. The second kappa shape index (κ2) is 9.07. The standard InChI is InChI=1S/C24H27N3O5S/c1-15-11-12-18(33(30,31)27-13-7-6-8-16(27)2)14-20(15)24(29)32-17(3)22-25-21-10-5-4-9-19(21)23(28)26-22/h4-5,9-12,14,16-17H,6-8,13H2,1-3H3,(H,25,26,28). The van der Waals surface area contributed by atoms with Crippen LogP contribution in [0.2, 0.25) is 0 Å². The first kappa shape index (κ1) is 23.1. The second-order valence-corrected chi connectivity index (χ2v) is 10.3. The van der Waals surface area contributed by atoms with Gasteiger partial charge in [0.15, 0.2) is 11.9 Å². The number of aromatic amines is 1. The summed E-state index contributed by atoms with van der Waals surface area (Å²) in [5, 5.41) is 0.445. The molecule has 2 heterocycles. The van der Waals surface area contributed by atoms with Gasteiger partial charge in [-0.05, 0) is 63.4 Å². The van der Waals surface area contributed by atoms with Gasteiger partial charge in [0.2, 0.25) is 10.0 Å². The fraction of sp³-hybridized carbons (Fsp3) is 0.375. The normalized spacial score (nSPS) is 18.2. The van der Waals surface area contributed by atoms with Crippen LogP contribution in [0.25, 0.3) is 10.9 Å². The van der Waals surface area contributed by atoms with Gasteiger partial charge in [0.25, 0.3) is 5.56 Å². The molecule has 8 nitrogen and oxygen atoms in total. The van der Waals surface area contributed by atoms with Crippen LogP contribution in [0.4, 0.5) is 0 Å². The van der Waals surface area contributed by atoms with Crippen molar-refractivity contribution >= 4 is 26.9 Å². The number of ether oxygens (including phenoxy) is 1. The number of benzene rings is 2. The third kappa shape index (κ3) is 4.56. The maximum Gasteiger partial charge on any atom is 0.339 e. The fourth-order valence-corrected chi connectivity index (χ4v) is 5.85. The molecule has 3 aromatic rings. The van der Waals surface area contributed by atoms with Crippen molar-refractivity contribution in [3.8, 4) is 0 Å². The highest BCUT2D eigenvalue weighted by atomic mass is 32.2. The number of piperidine rings is 1. The lowest BCUT2D eigenvalue weighted by Crippen LogP contribution is -2.41. The van der Waals surface area contributed by atoms with Gasteiger partial charge >= 0.3 is 5.97 Å². The van der Waals surface area contributed by atoms with Crippen molar-refractivity contribution in [1.82, 2.24) is 14.3 Å². The van der Waals surface area contributed by atoms with Crippen LogP contribution in [-0.4, -0.2) is 41.2 Å². The number of nitrogens with zero attached hydrogens (tertiary/aromatic N) is 2. The number of carbonyl (C=O) groups is 1. The molecule has 174 valence electrons. The van der Waals surface area contributed by atoms with E-state index in [9.17, 15) is 18.0 Å². The number of carbonyl (C=O) groups excluding carboxylic acids is 1. The van der Waals surface area contributed by atoms with Gasteiger partial charge in [0.1, 0.15) is 0 Å². The Morgan fingerprint density at radius 3 is 2.73 bits per heavy atom. The summed E-state index contributed by atoms with van der Waals surface area (Å²) >= 11 is 0. The third-order valence-electron chi connectivity index (χ3n) is 6.08. The van der Waals surface area contributed by atoms with Gasteiger partial charge in [0, 0.05) is 12.6 Å². The van der Waals surface area contributed by atoms with Crippen LogP contribution in [-0.2, 0) is 14.8 Å². The molecule has 0 spiro atoms. The number of hydrogen-bond acceptors (Lipinski definition) is 6. The van der Waals surface area contributed by atoms with Crippen LogP contribution in [0.15, 0.2) is 52.2 Å². The number of aryl methyl sites for hydroxylation is 1. The first-order valence-electron chi connectivity index (χ1n) is 11.0. The molecule has 1 saturated heterocycles. The van der Waals surface area contributed by atoms with Gasteiger partial charge in [-0.1, -0.05) is 24.6 Å². The number of sulfonamides is 1. The molecule has 33 heavy (non-hydrogen) atoms. The number of nitrogens with one attached hydrogen (secondary N) is 1. The molecule has 2 atom stereocenters. The van der Waals surface area contributed by atoms with E-state index in [1.807, 2.05) is 6.92 Å². The number of H-pyrrole nitrogens is 1. The first-order chi connectivity index (χ1) is 15.7. The van der Waals surface area contributed by atoms with E-state index in [0.717, 1.165) is 19.3 Å². The van der Waals surface area contributed by atoms with E-state index >= 15 is 0 Å². The maximum atomic E-state index is 13.2. The summed E-state index contributed by atoms with van der Waals surface area (Å²) in [5.41, 5.74) is 0.936. The van der Waals surface area contributed by atoms with Crippen molar-refractivity contribution in [2.75, 3.05) is 6.54 Å². The van der Waals surface area contributed by atoms with Gasteiger partial charge in [-0.25, -0.2) is 18.2 Å². The van der Waals surface area contributed by atoms with Crippen LogP contribution >= 0.6 is 0 Å². The zero-order chi connectivity index (χ0) is 23.8. The van der Waals surface area contributed by atoms with Gasteiger partial charge in [-0.3, -0.25) is 4.79 Å². The van der Waals surface area contributed by atoms with E-state index in [-0.39, 0.29) is 27.9 Å². The number of hydrogen-bond donors (Lipinski definition) is 1. The Morgan fingerprint density at radius 2 is 1.97 bits per heavy atom. The molecule has 1 N–H and O–H groups in total. The quantitative estimate of drug-likeness (QED) is 0.571. The minimum absolute atomic E-state index is 0.0682. The van der Waals surface area contributed by atoms with Crippen molar-refractivity contribution in [3.63, 3.8) is 0 Å². The lowest BCUT2D eigenvalue weighted by Gasteiger charge is -2.32. The summed E-state index contributed by atoms with van der Waals surface area (Å²) in [4.78, 5) is 32.4. The lowest BCUT2D eigenvalue weighted by atomic mass is 10.1. The molecule has 4 rings (SSSR count). The average Bonchev–Trinajstić information content (AvgIpc) is 2.79. The molecular formula is C24H27N3O5S. The molecule has 1 aliphatic heterocycles. The topological polar surface area (TPSA) is 109 Å². The molecule has 0 aliphatic carbocycles. The van der Waals surface area contributed by atoms with E-state index in [1.165, 1.54) is 16.4 Å². The predicted octanol–water partition coefficient (Wildman–Crippen LogP) is 3.71. The predicted molar refractivity (Wildman–Crippen MR) is 125 cm³/mol. The zero-order valence-corrected chi connectivity index (χ0v) is 19.7. The first-order valence-corrected chi connectivity index (χ1v) is 12.4. The molecule has 1 aromatic heterocycles. The Morgan fingerprint density at radius 1 is 1.21 bits per heavy atom. The molecule has 0 bridgehead atoms. The molecule has 2 aromatic carbocycles. The zero-order valence-electron chi connectivity index (χ0n) is 18.9. The number of fused-ring (bicyclic) bond motifs is 1. The summed E-state index contributed by atoms with van der Waals surface area (Å²) in [6, 6.07) is 11.3. The van der Waals surface area contributed by atoms with Gasteiger partial charge in [0.05, 0.1) is 21.4 Å². The molecule has 0 radical (unpaired) electrons. The molecule has 1 fully saturated rings. The number of rotatable bonds is 5. The highest BCUT2D eigenvalue weighted by molar-refractivity contribution is 7.89. The number of esters is 1. The van der Waals surface area contributed by atoms with Crippen molar-refractivity contribution in [2.45, 2.75) is 57.1 Å². The van der Waals surface area contributed by atoms with Crippen LogP contribution in [0.3, 0.4) is 0 Å². The van der Waals surface area contributed by atoms with Crippen LogP contribution in [0.1, 0.15) is 61.0 Å². The Kier molecular flexibility index (Phi) is 6.36. The second-order valence-electron chi connectivity index (χ2n) is 8.45. The monoisotopic (exact) mass is 469 g/mol. The molecule has 0 saturated carbocycles. The van der Waals surface area contributed by atoms with Crippen molar-refractivity contribution in [2.24, 2.45) is 0 Å². The Bertz CT molecular complexity index is 1370. The summed E-state index contributed by atoms with van der Waals surface area (Å²) in [7, 11) is -3.73. The Balaban J connectivity index is 1.60. The third-order valence-corrected chi connectivity index (χ3v) is 8.09. The van der Waals surface area contributed by atoms with Gasteiger partial charge in [-0.15, -0.1) is 0 Å². The van der Waals surface area contributed by atoms with Crippen molar-refractivity contribution in [3.05, 3.63) is 69.8 Å². The van der Waals surface area contributed by atoms with E-state index in [0.29, 0.717) is 23.0 Å². The number of aromatic nitrogens is 2. The van der Waals surface area contributed by atoms with Crippen LogP contribution < -0.4 is 5.56 Å². The Hall–Kier alpha value is -3.04. The average molecular weight is 470 g/mol. The SMILES string of the molecule is Cc1ccc(S(=O)(=O)N2CCCCC2C)cc1C(=O)OC(C)c1nc2ccccc2c(=O)[nH]1. The molecule has 9 heteroatoms. The van der Waals surface area contributed by atoms with Gasteiger partial charge in [-0.2, -0.15) is 4.31 Å².